The molecule has 0 atom stereocenters. The van der Waals surface area contributed by atoms with Gasteiger partial charge < -0.3 is 0 Å². The third kappa shape index (κ3) is 2.48. The first-order valence-corrected chi connectivity index (χ1v) is 7.30. The Balaban J connectivity index is 0.00000147. The number of fused-ring (bicyclic) bond motifs is 2. The molecule has 0 fully saturated rings. The van der Waals surface area contributed by atoms with Crippen molar-refractivity contribution in [3.05, 3.63) is 54.1 Å². The Morgan fingerprint density at radius 2 is 1.50 bits per heavy atom. The fraction of sp³-hybridized carbons (Fsp3) is 0.0667. The molecule has 3 aromatic rings. The third-order valence-corrected chi connectivity index (χ3v) is 4.35. The van der Waals surface area contributed by atoms with Crippen LogP contribution in [0.3, 0.4) is 0 Å². The van der Waals surface area contributed by atoms with Crippen LogP contribution < -0.4 is 0 Å². The van der Waals surface area contributed by atoms with E-state index in [9.17, 15) is 13.0 Å². The molecule has 3 rings (SSSR count). The number of rotatable bonds is 1. The van der Waals surface area contributed by atoms with Crippen LogP contribution in [0.2, 0.25) is 0 Å². The summed E-state index contributed by atoms with van der Waals surface area (Å²) in [5, 5.41) is 3.35. The molecule has 0 heterocycles. The van der Waals surface area contributed by atoms with Crippen LogP contribution in [0.5, 0.6) is 0 Å². The minimum Gasteiger partial charge on any atom is -0.282 e. The summed E-state index contributed by atoms with van der Waals surface area (Å²) >= 11 is 0. The fourth-order valence-electron chi connectivity index (χ4n) is 2.44. The molecule has 1 radical (unpaired) electrons. The first-order valence-electron chi connectivity index (χ1n) is 5.86. The van der Waals surface area contributed by atoms with Crippen LogP contribution in [0.4, 0.5) is 0 Å². The Kier molecular flexibility index (Phi) is 3.94. The predicted octanol–water partition coefficient (Wildman–Crippen LogP) is 3.17. The van der Waals surface area contributed by atoms with Gasteiger partial charge >= 0.3 is 0 Å². The molecule has 0 spiro atoms. The smallest absolute Gasteiger partial charge is 0.282 e. The average molecular weight is 279 g/mol. The SMILES string of the molecule is Cc1ccc2cc3ccccc3cc2c1S(=O)(=O)O.[Li]. The molecule has 1 N–H and O–H groups in total. The van der Waals surface area contributed by atoms with E-state index in [0.29, 0.717) is 10.9 Å². The summed E-state index contributed by atoms with van der Waals surface area (Å²) in [6, 6.07) is 15.0. The van der Waals surface area contributed by atoms with Crippen LogP contribution in [0, 0.1) is 6.92 Å². The van der Waals surface area contributed by atoms with E-state index in [1.54, 1.807) is 19.1 Å². The Morgan fingerprint density at radius 1 is 0.900 bits per heavy atom. The van der Waals surface area contributed by atoms with Crippen LogP contribution in [0.25, 0.3) is 21.5 Å². The number of hydrogen-bond donors (Lipinski definition) is 1. The molecule has 0 aliphatic heterocycles. The predicted molar refractivity (Wildman–Crippen MR) is 81.8 cm³/mol. The first-order chi connectivity index (χ1) is 8.97. The minimum absolute atomic E-state index is 0. The van der Waals surface area contributed by atoms with Gasteiger partial charge in [0.15, 0.2) is 0 Å². The molecule has 0 aliphatic carbocycles. The monoisotopic (exact) mass is 279 g/mol. The van der Waals surface area contributed by atoms with Gasteiger partial charge in [-0.15, -0.1) is 0 Å². The average Bonchev–Trinajstić information content (AvgIpc) is 2.34. The van der Waals surface area contributed by atoms with Gasteiger partial charge in [-0.05, 0) is 40.8 Å². The summed E-state index contributed by atoms with van der Waals surface area (Å²) in [7, 11) is -4.23. The molecule has 3 aromatic carbocycles. The standard InChI is InChI=1S/C15H12O3S.Li/c1-10-6-7-13-8-11-4-2-3-5-12(11)9-14(13)15(10)19(16,17)18;/h2-9H,1H3,(H,16,17,18);. The molecular weight excluding hydrogens is 267 g/mol. The third-order valence-electron chi connectivity index (χ3n) is 3.29. The molecule has 97 valence electrons. The van der Waals surface area contributed by atoms with E-state index in [0.717, 1.165) is 16.2 Å². The van der Waals surface area contributed by atoms with E-state index in [1.807, 2.05) is 36.4 Å². The zero-order valence-corrected chi connectivity index (χ0v) is 12.1. The van der Waals surface area contributed by atoms with Gasteiger partial charge in [-0.1, -0.05) is 36.4 Å². The quantitative estimate of drug-likeness (QED) is 0.423. The maximum atomic E-state index is 11.6. The summed E-state index contributed by atoms with van der Waals surface area (Å²) in [5.74, 6) is 0. The summed E-state index contributed by atoms with van der Waals surface area (Å²) in [6.07, 6.45) is 0. The van der Waals surface area contributed by atoms with Crippen LogP contribution in [0.1, 0.15) is 5.56 Å². The van der Waals surface area contributed by atoms with Crippen molar-refractivity contribution in [1.82, 2.24) is 0 Å². The summed E-state index contributed by atoms with van der Waals surface area (Å²) in [6.45, 7) is 1.68. The van der Waals surface area contributed by atoms with Gasteiger partial charge in [-0.3, -0.25) is 4.55 Å². The number of benzene rings is 3. The minimum atomic E-state index is -4.23. The second-order valence-corrected chi connectivity index (χ2v) is 5.97. The molecule has 20 heavy (non-hydrogen) atoms. The number of hydrogen-bond acceptors (Lipinski definition) is 2. The fourth-order valence-corrected chi connectivity index (χ4v) is 3.37. The van der Waals surface area contributed by atoms with Gasteiger partial charge in [0.2, 0.25) is 0 Å². The van der Waals surface area contributed by atoms with Gasteiger partial charge in [0, 0.05) is 24.2 Å². The van der Waals surface area contributed by atoms with Crippen molar-refractivity contribution < 1.29 is 13.0 Å². The van der Waals surface area contributed by atoms with Crippen molar-refractivity contribution in [3.63, 3.8) is 0 Å². The van der Waals surface area contributed by atoms with Gasteiger partial charge in [0.05, 0.1) is 0 Å². The molecule has 0 amide bonds. The van der Waals surface area contributed by atoms with Crippen molar-refractivity contribution in [2.45, 2.75) is 11.8 Å². The van der Waals surface area contributed by atoms with Crippen molar-refractivity contribution in [2.75, 3.05) is 0 Å². The van der Waals surface area contributed by atoms with Gasteiger partial charge in [0.25, 0.3) is 10.1 Å². The van der Waals surface area contributed by atoms with E-state index < -0.39 is 10.1 Å². The van der Waals surface area contributed by atoms with Gasteiger partial charge in [-0.2, -0.15) is 8.42 Å². The normalized spacial score (nSPS) is 11.5. The molecule has 0 saturated carbocycles. The summed E-state index contributed by atoms with van der Waals surface area (Å²) in [4.78, 5) is -0.00393. The van der Waals surface area contributed by atoms with Gasteiger partial charge in [-0.25, -0.2) is 0 Å². The van der Waals surface area contributed by atoms with Crippen LogP contribution in [-0.4, -0.2) is 31.8 Å². The molecule has 0 aliphatic rings. The molecule has 3 nitrogen and oxygen atoms in total. The Labute approximate surface area is 129 Å². The molecule has 5 heteroatoms. The van der Waals surface area contributed by atoms with Crippen LogP contribution in [-0.2, 0) is 10.1 Å². The van der Waals surface area contributed by atoms with Crippen molar-refractivity contribution in [3.8, 4) is 0 Å². The maximum Gasteiger partial charge on any atom is 0.295 e. The maximum absolute atomic E-state index is 11.6. The Bertz CT molecular complexity index is 902. The molecule has 0 saturated heterocycles. The van der Waals surface area contributed by atoms with E-state index in [2.05, 4.69) is 0 Å². The van der Waals surface area contributed by atoms with Crippen molar-refractivity contribution in [1.29, 1.82) is 0 Å². The van der Waals surface area contributed by atoms with E-state index in [4.69, 9.17) is 0 Å². The molecular formula is C15H12LiO3S. The second-order valence-electron chi connectivity index (χ2n) is 4.61. The van der Waals surface area contributed by atoms with Crippen molar-refractivity contribution >= 4 is 50.5 Å². The van der Waals surface area contributed by atoms with E-state index in [-0.39, 0.29) is 23.8 Å². The molecule has 0 unspecified atom stereocenters. The topological polar surface area (TPSA) is 54.4 Å². The zero-order chi connectivity index (χ0) is 13.6. The van der Waals surface area contributed by atoms with Crippen LogP contribution in [0.15, 0.2) is 53.4 Å². The second kappa shape index (κ2) is 5.23. The largest absolute Gasteiger partial charge is 0.295 e. The summed E-state index contributed by atoms with van der Waals surface area (Å²) in [5.41, 5.74) is 0.547. The molecule has 0 bridgehead atoms. The Morgan fingerprint density at radius 3 is 2.10 bits per heavy atom. The number of aryl methyl sites for hydroxylation is 1. The summed E-state index contributed by atoms with van der Waals surface area (Å²) < 4.78 is 32.5. The van der Waals surface area contributed by atoms with Gasteiger partial charge in [0.1, 0.15) is 4.90 Å². The van der Waals surface area contributed by atoms with E-state index in [1.165, 1.54) is 0 Å². The van der Waals surface area contributed by atoms with Crippen LogP contribution >= 0.6 is 0 Å². The Hall–Kier alpha value is -1.31. The first kappa shape index (κ1) is 15.1. The van der Waals surface area contributed by atoms with Crippen molar-refractivity contribution in [2.24, 2.45) is 0 Å². The molecule has 0 aromatic heterocycles. The zero-order valence-electron chi connectivity index (χ0n) is 11.3. The van der Waals surface area contributed by atoms with E-state index >= 15 is 0 Å².